The van der Waals surface area contributed by atoms with Gasteiger partial charge < -0.3 is 35.8 Å². The lowest BCUT2D eigenvalue weighted by molar-refractivity contribution is -0.192. The maximum atomic E-state index is 12.5. The molecular formula is C22H27F3N2O10. The molecule has 1 aromatic carbocycles. The molecule has 2 rings (SSSR count). The molecule has 37 heavy (non-hydrogen) atoms. The summed E-state index contributed by atoms with van der Waals surface area (Å²) in [6, 6.07) is 3.98. The Morgan fingerprint density at radius 3 is 1.89 bits per heavy atom. The first kappa shape index (κ1) is 31.2. The van der Waals surface area contributed by atoms with Crippen molar-refractivity contribution in [2.75, 3.05) is 26.3 Å². The smallest absolute Gasteiger partial charge is 0.479 e. The van der Waals surface area contributed by atoms with Crippen molar-refractivity contribution < 1.29 is 61.9 Å². The average molecular weight is 536 g/mol. The molecule has 1 fully saturated rings. The van der Waals surface area contributed by atoms with Gasteiger partial charge in [-0.05, 0) is 56.3 Å². The standard InChI is InChI=1S/C20H26N2O8.C2HF3O2/c21-8-12-1-3-13(4-2-12)20(28)22-9-15(23)14-5-6-16(29-10-18(24)25)17(7-14)30-11-19(26)27;3-2(4,5)1(6)7/h5-7,12-13H,1-4,8-11,21H2,(H,22,28)(H,24,25)(H,26,27);(H,6,7). The Morgan fingerprint density at radius 1 is 0.919 bits per heavy atom. The number of nitrogens with one attached hydrogen (secondary N) is 1. The van der Waals surface area contributed by atoms with E-state index in [1.165, 1.54) is 18.2 Å². The molecule has 0 aromatic heterocycles. The molecule has 0 radical (unpaired) electrons. The number of halogens is 3. The van der Waals surface area contributed by atoms with Crippen molar-refractivity contribution in [2.24, 2.45) is 17.6 Å². The highest BCUT2D eigenvalue weighted by Crippen LogP contribution is 2.29. The van der Waals surface area contributed by atoms with E-state index in [1.54, 1.807) is 0 Å². The van der Waals surface area contributed by atoms with Crippen molar-refractivity contribution in [3.8, 4) is 11.5 Å². The number of aliphatic carboxylic acids is 3. The van der Waals surface area contributed by atoms with Crippen molar-refractivity contribution in [3.63, 3.8) is 0 Å². The summed E-state index contributed by atoms with van der Waals surface area (Å²) in [5.41, 5.74) is 5.83. The van der Waals surface area contributed by atoms with Crippen molar-refractivity contribution in [3.05, 3.63) is 23.8 Å². The van der Waals surface area contributed by atoms with Crippen LogP contribution in [0.2, 0.25) is 0 Å². The number of benzene rings is 1. The Kier molecular flexibility index (Phi) is 12.3. The summed E-state index contributed by atoms with van der Waals surface area (Å²) in [4.78, 5) is 55.1. The van der Waals surface area contributed by atoms with Gasteiger partial charge in [0, 0.05) is 11.5 Å². The van der Waals surface area contributed by atoms with E-state index in [4.69, 9.17) is 35.3 Å². The molecule has 0 bridgehead atoms. The van der Waals surface area contributed by atoms with Gasteiger partial charge in [-0.2, -0.15) is 13.2 Å². The van der Waals surface area contributed by atoms with Crippen LogP contribution in [0.25, 0.3) is 0 Å². The molecule has 0 spiro atoms. The Morgan fingerprint density at radius 2 is 1.43 bits per heavy atom. The van der Waals surface area contributed by atoms with Crippen molar-refractivity contribution in [1.29, 1.82) is 0 Å². The molecule has 0 saturated heterocycles. The lowest BCUT2D eigenvalue weighted by atomic mass is 9.81. The highest BCUT2D eigenvalue weighted by molar-refractivity contribution is 6.00. The van der Waals surface area contributed by atoms with Gasteiger partial charge in [0.15, 0.2) is 30.5 Å². The number of carboxylic acid groups (broad SMARTS) is 3. The maximum Gasteiger partial charge on any atom is 0.490 e. The molecule has 0 heterocycles. The van der Waals surface area contributed by atoms with Gasteiger partial charge in [-0.25, -0.2) is 14.4 Å². The van der Waals surface area contributed by atoms with E-state index >= 15 is 0 Å². The molecule has 12 nitrogen and oxygen atoms in total. The summed E-state index contributed by atoms with van der Waals surface area (Å²) in [6.07, 6.45) is -1.81. The maximum absolute atomic E-state index is 12.5. The van der Waals surface area contributed by atoms with Gasteiger partial charge in [-0.15, -0.1) is 0 Å². The summed E-state index contributed by atoms with van der Waals surface area (Å²) in [6.45, 7) is -0.947. The lowest BCUT2D eigenvalue weighted by Crippen LogP contribution is -2.37. The van der Waals surface area contributed by atoms with Gasteiger partial charge in [-0.1, -0.05) is 0 Å². The molecule has 206 valence electrons. The van der Waals surface area contributed by atoms with Crippen LogP contribution in [0.5, 0.6) is 11.5 Å². The lowest BCUT2D eigenvalue weighted by Gasteiger charge is -2.26. The summed E-state index contributed by atoms with van der Waals surface area (Å²) in [5, 5.41) is 27.3. The molecule has 1 aromatic rings. The van der Waals surface area contributed by atoms with Gasteiger partial charge in [0.25, 0.3) is 0 Å². The predicted octanol–water partition coefficient (Wildman–Crippen LogP) is 1.31. The number of carbonyl (C=O) groups excluding carboxylic acids is 2. The Hall–Kier alpha value is -3.88. The Bertz CT molecular complexity index is 976. The summed E-state index contributed by atoms with van der Waals surface area (Å²) in [7, 11) is 0. The first-order chi connectivity index (χ1) is 17.2. The molecule has 0 aliphatic heterocycles. The number of carbonyl (C=O) groups is 5. The number of ketones is 1. The minimum absolute atomic E-state index is 0.00380. The second kappa shape index (κ2) is 14.6. The molecule has 1 aliphatic rings. The van der Waals surface area contributed by atoms with E-state index in [9.17, 15) is 32.3 Å². The van der Waals surface area contributed by atoms with Crippen LogP contribution in [0.15, 0.2) is 18.2 Å². The number of alkyl halides is 3. The zero-order valence-corrected chi connectivity index (χ0v) is 19.5. The Labute approximate surface area is 208 Å². The van der Waals surface area contributed by atoms with E-state index in [-0.39, 0.29) is 35.4 Å². The molecule has 1 amide bonds. The van der Waals surface area contributed by atoms with Crippen LogP contribution in [0.1, 0.15) is 36.0 Å². The number of rotatable bonds is 11. The van der Waals surface area contributed by atoms with Gasteiger partial charge in [-0.3, -0.25) is 9.59 Å². The molecule has 1 aliphatic carbocycles. The minimum Gasteiger partial charge on any atom is -0.479 e. The first-order valence-corrected chi connectivity index (χ1v) is 10.9. The highest BCUT2D eigenvalue weighted by Gasteiger charge is 2.38. The van der Waals surface area contributed by atoms with E-state index in [0.29, 0.717) is 12.5 Å². The van der Waals surface area contributed by atoms with E-state index in [1.807, 2.05) is 0 Å². The van der Waals surface area contributed by atoms with Gasteiger partial charge in [0.1, 0.15) is 0 Å². The van der Waals surface area contributed by atoms with E-state index < -0.39 is 43.1 Å². The van der Waals surface area contributed by atoms with Crippen LogP contribution in [0.4, 0.5) is 13.2 Å². The van der Waals surface area contributed by atoms with E-state index in [2.05, 4.69) is 5.32 Å². The summed E-state index contributed by atoms with van der Waals surface area (Å²) >= 11 is 0. The van der Waals surface area contributed by atoms with Crippen molar-refractivity contribution >= 4 is 29.6 Å². The molecular weight excluding hydrogens is 509 g/mol. The largest absolute Gasteiger partial charge is 0.490 e. The van der Waals surface area contributed by atoms with Gasteiger partial charge in [0.2, 0.25) is 5.91 Å². The fraction of sp³-hybridized carbons (Fsp3) is 0.500. The monoisotopic (exact) mass is 536 g/mol. The number of hydrogen-bond acceptors (Lipinski definition) is 8. The number of carboxylic acids is 3. The van der Waals surface area contributed by atoms with Crippen LogP contribution < -0.4 is 20.5 Å². The fourth-order valence-corrected chi connectivity index (χ4v) is 3.27. The highest BCUT2D eigenvalue weighted by atomic mass is 19.4. The first-order valence-electron chi connectivity index (χ1n) is 10.9. The zero-order valence-electron chi connectivity index (χ0n) is 19.5. The van der Waals surface area contributed by atoms with Crippen LogP contribution in [0.3, 0.4) is 0 Å². The van der Waals surface area contributed by atoms with Crippen molar-refractivity contribution in [2.45, 2.75) is 31.9 Å². The van der Waals surface area contributed by atoms with Gasteiger partial charge >= 0.3 is 24.1 Å². The SMILES string of the molecule is NCC1CCC(C(=O)NCC(=O)c2ccc(OCC(=O)O)c(OCC(=O)O)c2)CC1.O=C(O)C(F)(F)F. The molecule has 0 unspecified atom stereocenters. The number of nitrogens with two attached hydrogens (primary N) is 1. The second-order valence-corrected chi connectivity index (χ2v) is 7.92. The van der Waals surface area contributed by atoms with Crippen LogP contribution in [-0.4, -0.2) is 77.4 Å². The number of amides is 1. The van der Waals surface area contributed by atoms with Crippen molar-refractivity contribution in [1.82, 2.24) is 5.32 Å². The normalized spacial score (nSPS) is 17.0. The molecule has 0 atom stereocenters. The second-order valence-electron chi connectivity index (χ2n) is 7.92. The molecule has 1 saturated carbocycles. The minimum atomic E-state index is -5.08. The zero-order chi connectivity index (χ0) is 28.2. The van der Waals surface area contributed by atoms with Crippen LogP contribution in [-0.2, 0) is 19.2 Å². The molecule has 15 heteroatoms. The fourth-order valence-electron chi connectivity index (χ4n) is 3.27. The average Bonchev–Trinajstić information content (AvgIpc) is 2.84. The quantitative estimate of drug-likeness (QED) is 0.255. The summed E-state index contributed by atoms with van der Waals surface area (Å²) in [5.74, 6) is -5.57. The third-order valence-corrected chi connectivity index (χ3v) is 5.18. The topological polar surface area (TPSA) is 203 Å². The third kappa shape index (κ3) is 11.6. The third-order valence-electron chi connectivity index (χ3n) is 5.18. The number of hydrogen-bond donors (Lipinski definition) is 5. The predicted molar refractivity (Wildman–Crippen MR) is 118 cm³/mol. The Balaban J connectivity index is 0.000000856. The summed E-state index contributed by atoms with van der Waals surface area (Å²) < 4.78 is 41.9. The van der Waals surface area contributed by atoms with Crippen LogP contribution >= 0.6 is 0 Å². The van der Waals surface area contributed by atoms with Crippen LogP contribution in [0, 0.1) is 11.8 Å². The molecule has 6 N–H and O–H groups in total. The number of ether oxygens (including phenoxy) is 2. The van der Waals surface area contributed by atoms with E-state index in [0.717, 1.165) is 25.7 Å². The van der Waals surface area contributed by atoms with Gasteiger partial charge in [0.05, 0.1) is 6.54 Å². The number of Topliss-reactive ketones (excluding diaryl/α,β-unsaturated/α-hetero) is 1.